The van der Waals surface area contributed by atoms with Crippen LogP contribution < -0.4 is 0 Å². The predicted molar refractivity (Wildman–Crippen MR) is 88.2 cm³/mol. The van der Waals surface area contributed by atoms with Crippen LogP contribution in [0.4, 0.5) is 0 Å². The van der Waals surface area contributed by atoms with Crippen LogP contribution in [0.2, 0.25) is 19.6 Å². The lowest BCUT2D eigenvalue weighted by Gasteiger charge is -2.12. The molecule has 0 saturated carbocycles. The maximum Gasteiger partial charge on any atom is 0.129 e. The van der Waals surface area contributed by atoms with Crippen molar-refractivity contribution in [2.24, 2.45) is 0 Å². The Labute approximate surface area is 120 Å². The summed E-state index contributed by atoms with van der Waals surface area (Å²) in [5.74, 6) is 3.92. The van der Waals surface area contributed by atoms with E-state index in [0.29, 0.717) is 5.92 Å². The van der Waals surface area contributed by atoms with Crippen molar-refractivity contribution in [3.63, 3.8) is 0 Å². The van der Waals surface area contributed by atoms with E-state index in [1.807, 2.05) is 0 Å². The molecule has 0 amide bonds. The van der Waals surface area contributed by atoms with Crippen molar-refractivity contribution in [1.29, 1.82) is 0 Å². The molecule has 0 aliphatic rings. The summed E-state index contributed by atoms with van der Waals surface area (Å²) in [5.41, 5.74) is 7.38. The number of benzene rings is 1. The average molecular weight is 356 g/mol. The Hall–Kier alpha value is -0.273. The van der Waals surface area contributed by atoms with Gasteiger partial charge in [0.05, 0.1) is 0 Å². The van der Waals surface area contributed by atoms with Gasteiger partial charge in [-0.25, -0.2) is 0 Å². The van der Waals surface area contributed by atoms with Gasteiger partial charge in [-0.1, -0.05) is 39.4 Å². The zero-order chi connectivity index (χ0) is 13.2. The third-order valence-electron chi connectivity index (χ3n) is 2.49. The first-order valence-corrected chi connectivity index (χ1v) is 10.6. The number of hydrogen-bond acceptors (Lipinski definition) is 0. The first-order valence-electron chi connectivity index (χ1n) is 6.04. The van der Waals surface area contributed by atoms with Gasteiger partial charge >= 0.3 is 0 Å². The monoisotopic (exact) mass is 356 g/mol. The zero-order valence-corrected chi connectivity index (χ0v) is 14.8. The maximum absolute atomic E-state index is 3.44. The number of hydrogen-bond donors (Lipinski definition) is 0. The summed E-state index contributed by atoms with van der Waals surface area (Å²) in [4.78, 5) is 0. The second kappa shape index (κ2) is 5.58. The van der Waals surface area contributed by atoms with Crippen LogP contribution in [0, 0.1) is 22.0 Å². The molecule has 0 aliphatic heterocycles. The van der Waals surface area contributed by atoms with Crippen molar-refractivity contribution >= 4 is 30.7 Å². The highest BCUT2D eigenvalue weighted by Crippen LogP contribution is 2.25. The number of rotatable bonds is 1. The Morgan fingerprint density at radius 2 is 1.76 bits per heavy atom. The van der Waals surface area contributed by atoms with Crippen LogP contribution in [0.3, 0.4) is 0 Å². The standard InChI is InChI=1S/C15H21ISi/c1-11(2)14-10-13(7-8-17(4,5)6)9-12(3)15(14)16/h9-11H,1-6H3. The summed E-state index contributed by atoms with van der Waals surface area (Å²) in [7, 11) is -1.28. The Morgan fingerprint density at radius 3 is 2.24 bits per heavy atom. The highest BCUT2D eigenvalue weighted by molar-refractivity contribution is 14.1. The normalized spacial score (nSPS) is 11.3. The molecule has 0 aromatic heterocycles. The number of halogens is 1. The summed E-state index contributed by atoms with van der Waals surface area (Å²) in [6.45, 7) is 13.5. The van der Waals surface area contributed by atoms with E-state index in [2.05, 4.69) is 86.6 Å². The zero-order valence-electron chi connectivity index (χ0n) is 11.6. The van der Waals surface area contributed by atoms with Gasteiger partial charge in [-0.3, -0.25) is 0 Å². The van der Waals surface area contributed by atoms with E-state index >= 15 is 0 Å². The highest BCUT2D eigenvalue weighted by Gasteiger charge is 2.10. The lowest BCUT2D eigenvalue weighted by Crippen LogP contribution is -2.16. The minimum absolute atomic E-state index is 0.564. The van der Waals surface area contributed by atoms with Crippen LogP contribution >= 0.6 is 22.6 Å². The largest absolute Gasteiger partial charge is 0.129 e. The van der Waals surface area contributed by atoms with Gasteiger partial charge in [0.25, 0.3) is 0 Å². The van der Waals surface area contributed by atoms with Gasteiger partial charge in [0.2, 0.25) is 0 Å². The molecule has 0 spiro atoms. The molecular formula is C15H21ISi. The second-order valence-corrected chi connectivity index (χ2v) is 11.7. The minimum atomic E-state index is -1.28. The third kappa shape index (κ3) is 4.48. The van der Waals surface area contributed by atoms with Gasteiger partial charge < -0.3 is 0 Å². The third-order valence-corrected chi connectivity index (χ3v) is 4.84. The molecule has 0 unspecified atom stereocenters. The van der Waals surface area contributed by atoms with Crippen LogP contribution in [-0.4, -0.2) is 8.07 Å². The Bertz CT molecular complexity index is 470. The average Bonchev–Trinajstić information content (AvgIpc) is 2.18. The Morgan fingerprint density at radius 1 is 1.18 bits per heavy atom. The van der Waals surface area contributed by atoms with E-state index in [0.717, 1.165) is 0 Å². The van der Waals surface area contributed by atoms with Crippen LogP contribution in [-0.2, 0) is 0 Å². The van der Waals surface area contributed by atoms with Gasteiger partial charge in [-0.2, -0.15) is 0 Å². The molecule has 2 heteroatoms. The smallest absolute Gasteiger partial charge is 0.127 e. The fourth-order valence-corrected chi connectivity index (χ4v) is 3.00. The molecule has 0 atom stereocenters. The van der Waals surface area contributed by atoms with Gasteiger partial charge in [0.15, 0.2) is 0 Å². The Kier molecular flexibility index (Phi) is 4.85. The molecule has 1 aromatic carbocycles. The molecular weight excluding hydrogens is 335 g/mol. The van der Waals surface area contributed by atoms with Gasteiger partial charge in [-0.05, 0) is 58.7 Å². The fourth-order valence-electron chi connectivity index (χ4n) is 1.55. The number of aryl methyl sites for hydroxylation is 1. The van der Waals surface area contributed by atoms with Crippen molar-refractivity contribution in [1.82, 2.24) is 0 Å². The predicted octanol–water partition coefficient (Wildman–Crippen LogP) is 4.95. The summed E-state index contributed by atoms with van der Waals surface area (Å²) in [6.07, 6.45) is 0. The molecule has 1 aromatic rings. The molecule has 0 radical (unpaired) electrons. The van der Waals surface area contributed by atoms with Crippen LogP contribution in [0.5, 0.6) is 0 Å². The minimum Gasteiger partial charge on any atom is -0.127 e. The van der Waals surface area contributed by atoms with Crippen LogP contribution in [0.15, 0.2) is 12.1 Å². The summed E-state index contributed by atoms with van der Waals surface area (Å²) in [6, 6.07) is 4.47. The first kappa shape index (κ1) is 14.8. The van der Waals surface area contributed by atoms with Crippen molar-refractivity contribution in [3.05, 3.63) is 32.4 Å². The summed E-state index contributed by atoms with van der Waals surface area (Å²) < 4.78 is 1.39. The molecule has 0 N–H and O–H groups in total. The molecule has 0 bridgehead atoms. The van der Waals surface area contributed by atoms with E-state index in [9.17, 15) is 0 Å². The van der Waals surface area contributed by atoms with Crippen molar-refractivity contribution < 1.29 is 0 Å². The van der Waals surface area contributed by atoms with E-state index in [1.165, 1.54) is 20.3 Å². The molecule has 17 heavy (non-hydrogen) atoms. The fraction of sp³-hybridized carbons (Fsp3) is 0.467. The van der Waals surface area contributed by atoms with Crippen LogP contribution in [0.25, 0.3) is 0 Å². The second-order valence-electron chi connectivity index (χ2n) is 5.85. The van der Waals surface area contributed by atoms with Crippen molar-refractivity contribution in [2.45, 2.75) is 46.3 Å². The Balaban J connectivity index is 3.23. The molecule has 1 rings (SSSR count). The molecule has 0 aliphatic carbocycles. The lowest BCUT2D eigenvalue weighted by molar-refractivity contribution is 0.857. The molecule has 0 nitrogen and oxygen atoms in total. The summed E-state index contributed by atoms with van der Waals surface area (Å²) >= 11 is 2.44. The SMILES string of the molecule is Cc1cc(C#C[Si](C)(C)C)cc(C(C)C)c1I. The van der Waals surface area contributed by atoms with Gasteiger partial charge in [0.1, 0.15) is 8.07 Å². The van der Waals surface area contributed by atoms with Crippen molar-refractivity contribution in [2.75, 3.05) is 0 Å². The summed E-state index contributed by atoms with van der Waals surface area (Å²) in [5, 5.41) is 0. The lowest BCUT2D eigenvalue weighted by atomic mass is 9.98. The van der Waals surface area contributed by atoms with E-state index in [1.54, 1.807) is 0 Å². The molecule has 0 saturated heterocycles. The molecule has 0 fully saturated rings. The topological polar surface area (TPSA) is 0 Å². The van der Waals surface area contributed by atoms with E-state index in [-0.39, 0.29) is 0 Å². The first-order chi connectivity index (χ1) is 7.70. The molecule has 92 valence electrons. The van der Waals surface area contributed by atoms with Gasteiger partial charge in [-0.15, -0.1) is 5.54 Å². The maximum atomic E-state index is 3.44. The van der Waals surface area contributed by atoms with Gasteiger partial charge in [0, 0.05) is 9.13 Å². The molecule has 0 heterocycles. The van der Waals surface area contributed by atoms with Crippen LogP contribution in [0.1, 0.15) is 36.5 Å². The van der Waals surface area contributed by atoms with E-state index < -0.39 is 8.07 Å². The van der Waals surface area contributed by atoms with Crippen molar-refractivity contribution in [3.8, 4) is 11.5 Å². The van der Waals surface area contributed by atoms with E-state index in [4.69, 9.17) is 0 Å². The highest BCUT2D eigenvalue weighted by atomic mass is 127. The quantitative estimate of drug-likeness (QED) is 0.379.